The molecule has 0 saturated heterocycles. The van der Waals surface area contributed by atoms with Gasteiger partial charge in [-0.25, -0.2) is 14.6 Å². The molecule has 1 heterocycles. The third-order valence-electron chi connectivity index (χ3n) is 2.78. The summed E-state index contributed by atoms with van der Waals surface area (Å²) in [7, 11) is 2.96. The first-order valence-corrected chi connectivity index (χ1v) is 7.76. The number of hydrogen-bond donors (Lipinski definition) is 1. The Balaban J connectivity index is 3.32. The number of nitrogens with zero attached hydrogens (tertiary/aromatic N) is 3. The van der Waals surface area contributed by atoms with Crippen LogP contribution >= 0.6 is 0 Å². The van der Waals surface area contributed by atoms with Crippen molar-refractivity contribution < 1.29 is 23.9 Å². The number of rotatable bonds is 2. The average molecular weight is 354 g/mol. The Hall–Kier alpha value is -2.58. The second kappa shape index (κ2) is 7.12. The molecule has 0 spiro atoms. The zero-order valence-electron chi connectivity index (χ0n) is 16.0. The van der Waals surface area contributed by atoms with Crippen LogP contribution in [0.2, 0.25) is 0 Å². The van der Waals surface area contributed by atoms with Crippen LogP contribution < -0.4 is 10.2 Å². The van der Waals surface area contributed by atoms with E-state index in [-0.39, 0.29) is 11.6 Å². The lowest BCUT2D eigenvalue weighted by Gasteiger charge is -2.28. The molecule has 25 heavy (non-hydrogen) atoms. The molecule has 0 bridgehead atoms. The van der Waals surface area contributed by atoms with E-state index in [4.69, 9.17) is 9.47 Å². The number of nitrogens with one attached hydrogen (secondary N) is 1. The summed E-state index contributed by atoms with van der Waals surface area (Å²) < 4.78 is 11.9. The lowest BCUT2D eigenvalue weighted by atomic mass is 10.2. The zero-order chi connectivity index (χ0) is 19.6. The highest BCUT2D eigenvalue weighted by atomic mass is 16.6. The summed E-state index contributed by atoms with van der Waals surface area (Å²) >= 11 is 0. The van der Waals surface area contributed by atoms with E-state index in [2.05, 4.69) is 10.3 Å². The number of ether oxygens (including phenoxy) is 2. The number of anilines is 1. The molecule has 0 aliphatic rings. The highest BCUT2D eigenvalue weighted by Crippen LogP contribution is 2.22. The van der Waals surface area contributed by atoms with Gasteiger partial charge in [0.05, 0.1) is 6.20 Å². The van der Waals surface area contributed by atoms with Gasteiger partial charge in [0.15, 0.2) is 5.82 Å². The largest absolute Gasteiger partial charge is 0.443 e. The molecule has 140 valence electrons. The van der Waals surface area contributed by atoms with Crippen LogP contribution in [-0.4, -0.2) is 45.9 Å². The molecule has 0 aliphatic carbocycles. The standard InChI is InChI=1S/C16H26N4O5/c1-15(2,3)24-13(22)20(14(23)25-16(4,5)6)10-9-18-11(19(10)8)12(21)17-7/h9H,1-8H3,(H,17,21). The molecule has 1 N–H and O–H groups in total. The Morgan fingerprint density at radius 3 is 1.84 bits per heavy atom. The first-order chi connectivity index (χ1) is 11.3. The van der Waals surface area contributed by atoms with Crippen molar-refractivity contribution in [3.63, 3.8) is 0 Å². The van der Waals surface area contributed by atoms with Crippen molar-refractivity contribution in [2.24, 2.45) is 7.05 Å². The summed E-state index contributed by atoms with van der Waals surface area (Å²) in [4.78, 5) is 41.6. The second-order valence-electron chi connectivity index (χ2n) is 7.37. The Morgan fingerprint density at radius 1 is 1.04 bits per heavy atom. The second-order valence-corrected chi connectivity index (χ2v) is 7.37. The molecule has 0 fully saturated rings. The summed E-state index contributed by atoms with van der Waals surface area (Å²) in [5.41, 5.74) is -1.64. The maximum atomic E-state index is 12.5. The SMILES string of the molecule is CNC(=O)c1ncc(N(C(=O)OC(C)(C)C)C(=O)OC(C)(C)C)n1C. The third-order valence-corrected chi connectivity index (χ3v) is 2.78. The van der Waals surface area contributed by atoms with E-state index >= 15 is 0 Å². The first-order valence-electron chi connectivity index (χ1n) is 7.76. The molecule has 0 aromatic carbocycles. The minimum Gasteiger partial charge on any atom is -0.443 e. The predicted octanol–water partition coefficient (Wildman–Crippen LogP) is 2.46. The number of imidazole rings is 1. The number of amides is 3. The highest BCUT2D eigenvalue weighted by Gasteiger charge is 2.35. The zero-order valence-corrected chi connectivity index (χ0v) is 16.0. The highest BCUT2D eigenvalue weighted by molar-refractivity contribution is 6.09. The molecule has 0 unspecified atom stereocenters. The number of imide groups is 1. The van der Waals surface area contributed by atoms with Gasteiger partial charge in [-0.3, -0.25) is 4.79 Å². The molecule has 0 aliphatic heterocycles. The average Bonchev–Trinajstić information content (AvgIpc) is 2.76. The van der Waals surface area contributed by atoms with Crippen molar-refractivity contribution in [3.8, 4) is 0 Å². The Kier molecular flexibility index (Phi) is 5.83. The molecule has 1 rings (SSSR count). The molecular formula is C16H26N4O5. The van der Waals surface area contributed by atoms with E-state index in [9.17, 15) is 14.4 Å². The van der Waals surface area contributed by atoms with Gasteiger partial charge in [-0.1, -0.05) is 0 Å². The van der Waals surface area contributed by atoms with Gasteiger partial charge in [0.1, 0.15) is 17.0 Å². The lowest BCUT2D eigenvalue weighted by Crippen LogP contribution is -2.44. The van der Waals surface area contributed by atoms with Crippen LogP contribution in [0, 0.1) is 0 Å². The molecular weight excluding hydrogens is 328 g/mol. The van der Waals surface area contributed by atoms with Gasteiger partial charge < -0.3 is 19.4 Å². The fourth-order valence-electron chi connectivity index (χ4n) is 1.81. The van der Waals surface area contributed by atoms with Crippen molar-refractivity contribution in [1.29, 1.82) is 0 Å². The summed E-state index contributed by atoms with van der Waals surface area (Å²) in [6.07, 6.45) is -0.611. The van der Waals surface area contributed by atoms with Crippen LogP contribution in [0.4, 0.5) is 15.4 Å². The van der Waals surface area contributed by atoms with Crippen LogP contribution in [0.25, 0.3) is 0 Å². The van der Waals surface area contributed by atoms with E-state index in [0.29, 0.717) is 0 Å². The maximum absolute atomic E-state index is 12.5. The molecule has 9 heteroatoms. The van der Waals surface area contributed by atoms with Crippen molar-refractivity contribution in [2.45, 2.75) is 52.7 Å². The van der Waals surface area contributed by atoms with Gasteiger partial charge >= 0.3 is 12.2 Å². The Morgan fingerprint density at radius 2 is 1.48 bits per heavy atom. The number of carbonyl (C=O) groups excluding carboxylic acids is 3. The molecule has 1 aromatic heterocycles. The minimum atomic E-state index is -0.923. The van der Waals surface area contributed by atoms with E-state index in [0.717, 1.165) is 4.90 Å². The van der Waals surface area contributed by atoms with E-state index < -0.39 is 29.3 Å². The maximum Gasteiger partial charge on any atom is 0.425 e. The van der Waals surface area contributed by atoms with Crippen LogP contribution in [0.5, 0.6) is 0 Å². The number of hydrogen-bond acceptors (Lipinski definition) is 6. The van der Waals surface area contributed by atoms with Gasteiger partial charge in [-0.05, 0) is 41.5 Å². The van der Waals surface area contributed by atoms with Gasteiger partial charge in [-0.15, -0.1) is 0 Å². The normalized spacial score (nSPS) is 11.7. The summed E-state index contributed by atoms with van der Waals surface area (Å²) in [6.45, 7) is 10.1. The van der Waals surface area contributed by atoms with Crippen LogP contribution in [0.3, 0.4) is 0 Å². The van der Waals surface area contributed by atoms with Crippen LogP contribution in [-0.2, 0) is 16.5 Å². The lowest BCUT2D eigenvalue weighted by molar-refractivity contribution is 0.0427. The molecule has 1 aromatic rings. The predicted molar refractivity (Wildman–Crippen MR) is 91.5 cm³/mol. The molecule has 0 radical (unpaired) electrons. The number of aromatic nitrogens is 2. The Labute approximate surface area is 147 Å². The van der Waals surface area contributed by atoms with Gasteiger partial charge in [0, 0.05) is 14.1 Å². The van der Waals surface area contributed by atoms with Crippen molar-refractivity contribution in [2.75, 3.05) is 11.9 Å². The smallest absolute Gasteiger partial charge is 0.425 e. The fraction of sp³-hybridized carbons (Fsp3) is 0.625. The number of carbonyl (C=O) groups is 3. The molecule has 3 amide bonds. The molecule has 9 nitrogen and oxygen atoms in total. The van der Waals surface area contributed by atoms with Crippen LogP contribution in [0.1, 0.15) is 52.2 Å². The first kappa shape index (κ1) is 20.5. The molecule has 0 atom stereocenters. The van der Waals surface area contributed by atoms with E-state index in [1.807, 2.05) is 0 Å². The van der Waals surface area contributed by atoms with E-state index in [1.54, 1.807) is 41.5 Å². The third kappa shape index (κ3) is 5.47. The fourth-order valence-corrected chi connectivity index (χ4v) is 1.81. The summed E-state index contributed by atoms with van der Waals surface area (Å²) in [6, 6.07) is 0. The summed E-state index contributed by atoms with van der Waals surface area (Å²) in [5, 5.41) is 2.44. The van der Waals surface area contributed by atoms with Gasteiger partial charge in [-0.2, -0.15) is 4.90 Å². The van der Waals surface area contributed by atoms with Crippen LogP contribution in [0.15, 0.2) is 6.20 Å². The van der Waals surface area contributed by atoms with Gasteiger partial charge in [0.25, 0.3) is 5.91 Å². The van der Waals surface area contributed by atoms with Gasteiger partial charge in [0.2, 0.25) is 0 Å². The topological polar surface area (TPSA) is 103 Å². The monoisotopic (exact) mass is 354 g/mol. The van der Waals surface area contributed by atoms with Crippen molar-refractivity contribution in [1.82, 2.24) is 14.9 Å². The van der Waals surface area contributed by atoms with E-state index in [1.165, 1.54) is 24.9 Å². The summed E-state index contributed by atoms with van der Waals surface area (Å²) in [5.74, 6) is -0.362. The quantitative estimate of drug-likeness (QED) is 0.875. The minimum absolute atomic E-state index is 0.0367. The van der Waals surface area contributed by atoms with Crippen molar-refractivity contribution in [3.05, 3.63) is 12.0 Å². The van der Waals surface area contributed by atoms with Crippen molar-refractivity contribution >= 4 is 23.9 Å². The Bertz CT molecular complexity index is 639. The molecule has 0 saturated carbocycles.